The zero-order chi connectivity index (χ0) is 9.23. The van der Waals surface area contributed by atoms with Crippen molar-refractivity contribution >= 4 is 6.21 Å². The van der Waals surface area contributed by atoms with E-state index in [1.165, 1.54) is 19.3 Å². The molecule has 1 unspecified atom stereocenters. The summed E-state index contributed by atoms with van der Waals surface area (Å²) in [4.78, 5) is 4.18. The molecule has 0 bridgehead atoms. The highest BCUT2D eigenvalue weighted by Gasteiger charge is 1.93. The summed E-state index contributed by atoms with van der Waals surface area (Å²) in [7, 11) is 0. The number of allylic oxidation sites excluding steroid dienone is 2. The zero-order valence-electron chi connectivity index (χ0n) is 8.59. The molecule has 0 aromatic rings. The lowest BCUT2D eigenvalue weighted by Gasteiger charge is -2.01. The molecule has 0 radical (unpaired) electrons. The molecule has 0 saturated carbocycles. The Morgan fingerprint density at radius 3 is 2.75 bits per heavy atom. The molecule has 0 aromatic heterocycles. The third-order valence-electron chi connectivity index (χ3n) is 1.82. The Bertz CT molecular complexity index is 136. The maximum Gasteiger partial charge on any atom is 0.0390 e. The van der Waals surface area contributed by atoms with Gasteiger partial charge < -0.3 is 0 Å². The summed E-state index contributed by atoms with van der Waals surface area (Å²) in [6.07, 6.45) is 10.1. The molecular weight excluding hydrogens is 146 g/mol. The van der Waals surface area contributed by atoms with Crippen molar-refractivity contribution < 1.29 is 0 Å². The molecule has 0 heterocycles. The van der Waals surface area contributed by atoms with Gasteiger partial charge in [0.25, 0.3) is 0 Å². The molecule has 0 aliphatic heterocycles. The largest absolute Gasteiger partial charge is 0.298 e. The molecule has 0 aliphatic carbocycles. The first-order valence-electron chi connectivity index (χ1n) is 4.92. The summed E-state index contributed by atoms with van der Waals surface area (Å²) in [6.45, 7) is 7.39. The van der Waals surface area contributed by atoms with Crippen molar-refractivity contribution in [3.05, 3.63) is 12.2 Å². The second kappa shape index (κ2) is 8.51. The summed E-state index contributed by atoms with van der Waals surface area (Å²) < 4.78 is 0. The SMILES string of the molecule is C/C=N\CCC(C)/C=C/CCC. The van der Waals surface area contributed by atoms with E-state index in [-0.39, 0.29) is 0 Å². The Morgan fingerprint density at radius 2 is 2.17 bits per heavy atom. The van der Waals surface area contributed by atoms with Crippen molar-refractivity contribution in [3.63, 3.8) is 0 Å². The van der Waals surface area contributed by atoms with Crippen LogP contribution >= 0.6 is 0 Å². The van der Waals surface area contributed by atoms with Gasteiger partial charge in [-0.1, -0.05) is 32.4 Å². The van der Waals surface area contributed by atoms with Crippen LogP contribution in [0.5, 0.6) is 0 Å². The quantitative estimate of drug-likeness (QED) is 0.424. The van der Waals surface area contributed by atoms with Crippen LogP contribution in [-0.4, -0.2) is 12.8 Å². The zero-order valence-corrected chi connectivity index (χ0v) is 8.59. The molecule has 0 saturated heterocycles. The van der Waals surface area contributed by atoms with Crippen LogP contribution in [0.4, 0.5) is 0 Å². The normalized spacial score (nSPS) is 14.6. The van der Waals surface area contributed by atoms with Gasteiger partial charge in [-0.15, -0.1) is 0 Å². The predicted molar refractivity (Wildman–Crippen MR) is 56.9 cm³/mol. The molecule has 12 heavy (non-hydrogen) atoms. The van der Waals surface area contributed by atoms with E-state index in [0.29, 0.717) is 5.92 Å². The van der Waals surface area contributed by atoms with E-state index in [1.807, 2.05) is 13.1 Å². The van der Waals surface area contributed by atoms with E-state index in [0.717, 1.165) is 6.54 Å². The van der Waals surface area contributed by atoms with Crippen LogP contribution in [0.2, 0.25) is 0 Å². The first-order chi connectivity index (χ1) is 5.81. The van der Waals surface area contributed by atoms with Crippen molar-refractivity contribution in [2.75, 3.05) is 6.54 Å². The predicted octanol–water partition coefficient (Wildman–Crippen LogP) is 3.46. The fourth-order valence-corrected chi connectivity index (χ4v) is 0.999. The standard InChI is InChI=1S/C11H21N/c1-4-6-7-8-11(3)9-10-12-5-2/h5,7-8,11H,4,6,9-10H2,1-3H3/b8-7+,12-5-. The molecule has 0 spiro atoms. The van der Waals surface area contributed by atoms with Crippen LogP contribution in [0.3, 0.4) is 0 Å². The molecule has 0 aromatic carbocycles. The van der Waals surface area contributed by atoms with E-state index in [9.17, 15) is 0 Å². The summed E-state index contributed by atoms with van der Waals surface area (Å²) in [6, 6.07) is 0. The number of hydrogen-bond donors (Lipinski definition) is 0. The average Bonchev–Trinajstić information content (AvgIpc) is 2.06. The number of nitrogens with zero attached hydrogens (tertiary/aromatic N) is 1. The van der Waals surface area contributed by atoms with Gasteiger partial charge in [-0.2, -0.15) is 0 Å². The Hall–Kier alpha value is -0.590. The second-order valence-electron chi connectivity index (χ2n) is 3.15. The number of rotatable bonds is 6. The monoisotopic (exact) mass is 167 g/mol. The van der Waals surface area contributed by atoms with Crippen LogP contribution in [-0.2, 0) is 0 Å². The summed E-state index contributed by atoms with van der Waals surface area (Å²) in [5, 5.41) is 0. The van der Waals surface area contributed by atoms with Crippen LogP contribution in [0.1, 0.15) is 40.0 Å². The van der Waals surface area contributed by atoms with E-state index >= 15 is 0 Å². The third-order valence-corrected chi connectivity index (χ3v) is 1.82. The first-order valence-corrected chi connectivity index (χ1v) is 4.92. The molecule has 1 heteroatoms. The topological polar surface area (TPSA) is 12.4 Å². The lowest BCUT2D eigenvalue weighted by atomic mass is 10.1. The highest BCUT2D eigenvalue weighted by atomic mass is 14.7. The fourth-order valence-electron chi connectivity index (χ4n) is 0.999. The summed E-state index contributed by atoms with van der Waals surface area (Å²) in [5.74, 6) is 0.681. The van der Waals surface area contributed by atoms with Gasteiger partial charge in [0.2, 0.25) is 0 Å². The lowest BCUT2D eigenvalue weighted by Crippen LogP contribution is -1.92. The van der Waals surface area contributed by atoms with Gasteiger partial charge in [0.05, 0.1) is 0 Å². The van der Waals surface area contributed by atoms with Crippen LogP contribution in [0, 0.1) is 5.92 Å². The van der Waals surface area contributed by atoms with Gasteiger partial charge in [-0.25, -0.2) is 0 Å². The average molecular weight is 167 g/mol. The molecule has 0 fully saturated rings. The minimum atomic E-state index is 0.681. The number of hydrogen-bond acceptors (Lipinski definition) is 1. The van der Waals surface area contributed by atoms with E-state index in [4.69, 9.17) is 0 Å². The number of aliphatic imine (C=N–C) groups is 1. The smallest absolute Gasteiger partial charge is 0.0390 e. The molecule has 0 N–H and O–H groups in total. The van der Waals surface area contributed by atoms with E-state index < -0.39 is 0 Å². The van der Waals surface area contributed by atoms with Crippen molar-refractivity contribution in [2.45, 2.75) is 40.0 Å². The minimum Gasteiger partial charge on any atom is -0.298 e. The van der Waals surface area contributed by atoms with Gasteiger partial charge in [0.15, 0.2) is 0 Å². The molecule has 70 valence electrons. The second-order valence-corrected chi connectivity index (χ2v) is 3.15. The fraction of sp³-hybridized carbons (Fsp3) is 0.727. The Labute approximate surface area is 76.6 Å². The number of unbranched alkanes of at least 4 members (excludes halogenated alkanes) is 1. The highest BCUT2D eigenvalue weighted by Crippen LogP contribution is 2.04. The molecule has 1 nitrogen and oxygen atoms in total. The summed E-state index contributed by atoms with van der Waals surface area (Å²) >= 11 is 0. The molecule has 0 rings (SSSR count). The van der Waals surface area contributed by atoms with Crippen molar-refractivity contribution in [1.82, 2.24) is 0 Å². The van der Waals surface area contributed by atoms with Gasteiger partial charge >= 0.3 is 0 Å². The Balaban J connectivity index is 3.38. The van der Waals surface area contributed by atoms with Crippen LogP contribution < -0.4 is 0 Å². The van der Waals surface area contributed by atoms with Crippen LogP contribution in [0.25, 0.3) is 0 Å². The first kappa shape index (κ1) is 11.4. The van der Waals surface area contributed by atoms with Gasteiger partial charge in [0, 0.05) is 6.54 Å². The molecular formula is C11H21N. The lowest BCUT2D eigenvalue weighted by molar-refractivity contribution is 0.657. The maximum atomic E-state index is 4.18. The van der Waals surface area contributed by atoms with Crippen molar-refractivity contribution in [3.8, 4) is 0 Å². The summed E-state index contributed by atoms with van der Waals surface area (Å²) in [5.41, 5.74) is 0. The van der Waals surface area contributed by atoms with Crippen LogP contribution in [0.15, 0.2) is 17.1 Å². The molecule has 0 aliphatic rings. The third kappa shape index (κ3) is 7.52. The molecule has 0 amide bonds. The van der Waals surface area contributed by atoms with Gasteiger partial charge in [-0.3, -0.25) is 4.99 Å². The highest BCUT2D eigenvalue weighted by molar-refractivity contribution is 5.53. The molecule has 1 atom stereocenters. The van der Waals surface area contributed by atoms with Crippen molar-refractivity contribution in [2.24, 2.45) is 10.9 Å². The Kier molecular flexibility index (Phi) is 8.09. The van der Waals surface area contributed by atoms with Gasteiger partial charge in [-0.05, 0) is 31.9 Å². The van der Waals surface area contributed by atoms with E-state index in [1.54, 1.807) is 0 Å². The maximum absolute atomic E-state index is 4.18. The minimum absolute atomic E-state index is 0.681. The van der Waals surface area contributed by atoms with Crippen molar-refractivity contribution in [1.29, 1.82) is 0 Å². The Morgan fingerprint density at radius 1 is 1.42 bits per heavy atom. The van der Waals surface area contributed by atoms with Gasteiger partial charge in [0.1, 0.15) is 0 Å². The van der Waals surface area contributed by atoms with E-state index in [2.05, 4.69) is 31.0 Å².